The fourth-order valence-electron chi connectivity index (χ4n) is 1.32. The predicted molar refractivity (Wildman–Crippen MR) is 61.1 cm³/mol. The minimum absolute atomic E-state index is 0.397. The summed E-state index contributed by atoms with van der Waals surface area (Å²) in [6.45, 7) is 11.0. The van der Waals surface area contributed by atoms with E-state index in [0.717, 1.165) is 26.3 Å². The van der Waals surface area contributed by atoms with Crippen LogP contribution >= 0.6 is 0 Å². The van der Waals surface area contributed by atoms with E-state index in [1.165, 1.54) is 0 Å². The fraction of sp³-hybridized carbons (Fsp3) is 1.00. The summed E-state index contributed by atoms with van der Waals surface area (Å²) in [7, 11) is 0. The molecule has 0 aliphatic carbocycles. The van der Waals surface area contributed by atoms with Gasteiger partial charge in [-0.15, -0.1) is 0 Å². The summed E-state index contributed by atoms with van der Waals surface area (Å²) in [5.41, 5.74) is 0. The third-order valence-electron chi connectivity index (χ3n) is 2.19. The Morgan fingerprint density at radius 1 is 1.13 bits per heavy atom. The van der Waals surface area contributed by atoms with Crippen LogP contribution in [0.5, 0.6) is 0 Å². The summed E-state index contributed by atoms with van der Waals surface area (Å²) in [5, 5.41) is 9.63. The Balaban J connectivity index is 3.57. The number of ether oxygens (including phenoxy) is 2. The van der Waals surface area contributed by atoms with Crippen LogP contribution in [0.1, 0.15) is 20.8 Å². The number of aliphatic hydroxyl groups excluding tert-OH is 1. The minimum atomic E-state index is -0.397. The van der Waals surface area contributed by atoms with E-state index in [1.807, 2.05) is 13.8 Å². The number of aliphatic hydroxyl groups is 1. The lowest BCUT2D eigenvalue weighted by Crippen LogP contribution is -2.36. The summed E-state index contributed by atoms with van der Waals surface area (Å²) in [6, 6.07) is 0. The van der Waals surface area contributed by atoms with Crippen LogP contribution in [-0.2, 0) is 9.47 Å². The van der Waals surface area contributed by atoms with Crippen molar-refractivity contribution in [3.8, 4) is 0 Å². The zero-order chi connectivity index (χ0) is 11.5. The maximum Gasteiger partial charge on any atom is 0.0900 e. The second-order valence-corrected chi connectivity index (χ2v) is 3.40. The lowest BCUT2D eigenvalue weighted by molar-refractivity contribution is 0.0160. The summed E-state index contributed by atoms with van der Waals surface area (Å²) in [6.07, 6.45) is -0.397. The quantitative estimate of drug-likeness (QED) is 0.550. The van der Waals surface area contributed by atoms with Gasteiger partial charge in [-0.2, -0.15) is 0 Å². The molecule has 92 valence electrons. The van der Waals surface area contributed by atoms with E-state index in [0.29, 0.717) is 19.8 Å². The second kappa shape index (κ2) is 10.4. The first-order valence-electron chi connectivity index (χ1n) is 5.80. The SMILES string of the molecule is CCOCCN(CC)CC(O)COCC. The molecule has 1 atom stereocenters. The Kier molecular flexibility index (Phi) is 10.3. The van der Waals surface area contributed by atoms with Crippen molar-refractivity contribution in [1.29, 1.82) is 0 Å². The van der Waals surface area contributed by atoms with Gasteiger partial charge in [0.25, 0.3) is 0 Å². The third-order valence-corrected chi connectivity index (χ3v) is 2.19. The van der Waals surface area contributed by atoms with Crippen LogP contribution in [0.15, 0.2) is 0 Å². The van der Waals surface area contributed by atoms with E-state index in [9.17, 15) is 5.11 Å². The van der Waals surface area contributed by atoms with Gasteiger partial charge in [0.05, 0.1) is 19.3 Å². The van der Waals surface area contributed by atoms with E-state index in [-0.39, 0.29) is 0 Å². The van der Waals surface area contributed by atoms with Gasteiger partial charge in [0.15, 0.2) is 0 Å². The van der Waals surface area contributed by atoms with Crippen LogP contribution in [0, 0.1) is 0 Å². The smallest absolute Gasteiger partial charge is 0.0900 e. The Bertz CT molecular complexity index is 133. The van der Waals surface area contributed by atoms with Gasteiger partial charge in [-0.1, -0.05) is 6.92 Å². The highest BCUT2D eigenvalue weighted by atomic mass is 16.5. The zero-order valence-corrected chi connectivity index (χ0v) is 10.2. The monoisotopic (exact) mass is 219 g/mol. The zero-order valence-electron chi connectivity index (χ0n) is 10.2. The summed E-state index contributed by atoms with van der Waals surface area (Å²) >= 11 is 0. The fourth-order valence-corrected chi connectivity index (χ4v) is 1.32. The van der Waals surface area contributed by atoms with Gasteiger partial charge >= 0.3 is 0 Å². The Morgan fingerprint density at radius 2 is 1.80 bits per heavy atom. The molecule has 0 rings (SSSR count). The molecule has 0 amide bonds. The largest absolute Gasteiger partial charge is 0.389 e. The molecule has 0 fully saturated rings. The number of hydrogen-bond donors (Lipinski definition) is 1. The van der Waals surface area contributed by atoms with Gasteiger partial charge in [0, 0.05) is 26.3 Å². The topological polar surface area (TPSA) is 41.9 Å². The van der Waals surface area contributed by atoms with Gasteiger partial charge in [0.1, 0.15) is 0 Å². The first-order valence-corrected chi connectivity index (χ1v) is 5.80. The van der Waals surface area contributed by atoms with E-state index in [4.69, 9.17) is 9.47 Å². The highest BCUT2D eigenvalue weighted by molar-refractivity contribution is 4.62. The van der Waals surface area contributed by atoms with Crippen molar-refractivity contribution >= 4 is 0 Å². The van der Waals surface area contributed by atoms with Crippen LogP contribution in [0.25, 0.3) is 0 Å². The van der Waals surface area contributed by atoms with Crippen molar-refractivity contribution in [3.63, 3.8) is 0 Å². The summed E-state index contributed by atoms with van der Waals surface area (Å²) in [4.78, 5) is 2.17. The molecule has 0 spiro atoms. The van der Waals surface area contributed by atoms with Gasteiger partial charge < -0.3 is 14.6 Å². The van der Waals surface area contributed by atoms with Crippen molar-refractivity contribution in [1.82, 2.24) is 4.90 Å². The van der Waals surface area contributed by atoms with Crippen LogP contribution in [0.3, 0.4) is 0 Å². The molecule has 4 nitrogen and oxygen atoms in total. The lowest BCUT2D eigenvalue weighted by Gasteiger charge is -2.23. The molecular weight excluding hydrogens is 194 g/mol. The Labute approximate surface area is 93.2 Å². The average molecular weight is 219 g/mol. The molecule has 1 unspecified atom stereocenters. The standard InChI is InChI=1S/C11H25NO3/c1-4-12(7-8-14-5-2)9-11(13)10-15-6-3/h11,13H,4-10H2,1-3H3. The van der Waals surface area contributed by atoms with Crippen LogP contribution in [0.2, 0.25) is 0 Å². The molecule has 0 aromatic heterocycles. The van der Waals surface area contributed by atoms with E-state index in [1.54, 1.807) is 0 Å². The van der Waals surface area contributed by atoms with Crippen LogP contribution in [-0.4, -0.2) is 62.2 Å². The third kappa shape index (κ3) is 8.81. The van der Waals surface area contributed by atoms with Gasteiger partial charge in [-0.05, 0) is 20.4 Å². The number of hydrogen-bond acceptors (Lipinski definition) is 4. The van der Waals surface area contributed by atoms with E-state index < -0.39 is 6.10 Å². The molecule has 0 bridgehead atoms. The summed E-state index contributed by atoms with van der Waals surface area (Å²) < 4.78 is 10.4. The Morgan fingerprint density at radius 3 is 2.33 bits per heavy atom. The second-order valence-electron chi connectivity index (χ2n) is 3.40. The number of likely N-dealkylation sites (N-methyl/N-ethyl adjacent to an activating group) is 1. The first kappa shape index (κ1) is 14.8. The highest BCUT2D eigenvalue weighted by Gasteiger charge is 2.09. The normalized spacial score (nSPS) is 13.4. The van der Waals surface area contributed by atoms with Crippen molar-refractivity contribution in [2.45, 2.75) is 26.9 Å². The lowest BCUT2D eigenvalue weighted by atomic mass is 10.3. The molecule has 1 N–H and O–H groups in total. The molecule has 0 aromatic rings. The molecular formula is C11H25NO3. The maximum absolute atomic E-state index is 9.63. The van der Waals surface area contributed by atoms with Crippen molar-refractivity contribution in [3.05, 3.63) is 0 Å². The van der Waals surface area contributed by atoms with Gasteiger partial charge in [0.2, 0.25) is 0 Å². The van der Waals surface area contributed by atoms with Crippen molar-refractivity contribution in [2.75, 3.05) is 46.1 Å². The molecule has 0 aliphatic rings. The summed E-state index contributed by atoms with van der Waals surface area (Å²) in [5.74, 6) is 0. The van der Waals surface area contributed by atoms with Crippen LogP contribution in [0.4, 0.5) is 0 Å². The van der Waals surface area contributed by atoms with Gasteiger partial charge in [-0.3, -0.25) is 4.90 Å². The van der Waals surface area contributed by atoms with Crippen molar-refractivity contribution in [2.24, 2.45) is 0 Å². The highest BCUT2D eigenvalue weighted by Crippen LogP contribution is 1.94. The Hall–Kier alpha value is -0.160. The average Bonchev–Trinajstić information content (AvgIpc) is 2.25. The number of rotatable bonds is 10. The first-order chi connectivity index (χ1) is 7.24. The molecule has 0 aliphatic heterocycles. The maximum atomic E-state index is 9.63. The van der Waals surface area contributed by atoms with E-state index in [2.05, 4.69) is 11.8 Å². The number of nitrogens with zero attached hydrogens (tertiary/aromatic N) is 1. The molecule has 0 saturated heterocycles. The predicted octanol–water partition coefficient (Wildman–Crippen LogP) is 0.742. The van der Waals surface area contributed by atoms with E-state index >= 15 is 0 Å². The minimum Gasteiger partial charge on any atom is -0.389 e. The molecule has 0 saturated carbocycles. The molecule has 0 heterocycles. The molecule has 0 aromatic carbocycles. The van der Waals surface area contributed by atoms with Gasteiger partial charge in [-0.25, -0.2) is 0 Å². The van der Waals surface area contributed by atoms with Crippen LogP contribution < -0.4 is 0 Å². The molecule has 0 radical (unpaired) electrons. The molecule has 4 heteroatoms. The van der Waals surface area contributed by atoms with Crippen molar-refractivity contribution < 1.29 is 14.6 Å². The molecule has 15 heavy (non-hydrogen) atoms.